The number of imide groups is 2. The highest BCUT2D eigenvalue weighted by atomic mass is 35.5. The summed E-state index contributed by atoms with van der Waals surface area (Å²) in [4.78, 5) is 62.6. The molecular weight excluding hydrogens is 553 g/mol. The van der Waals surface area contributed by atoms with E-state index in [0.717, 1.165) is 9.80 Å². The molecule has 202 valence electrons. The second-order valence-corrected chi connectivity index (χ2v) is 11.5. The van der Waals surface area contributed by atoms with E-state index in [1.807, 2.05) is 0 Å². The monoisotopic (exact) mass is 573 g/mol. The predicted octanol–water partition coefficient (Wildman–Crippen LogP) is 2.87. The Morgan fingerprint density at radius 3 is 2.36 bits per heavy atom. The number of likely N-dealkylation sites (tertiary alicyclic amines) is 1. The van der Waals surface area contributed by atoms with E-state index >= 15 is 0 Å². The van der Waals surface area contributed by atoms with Gasteiger partial charge in [-0.2, -0.15) is 0 Å². The van der Waals surface area contributed by atoms with E-state index in [-0.39, 0.29) is 35.7 Å². The van der Waals surface area contributed by atoms with Crippen LogP contribution in [0.2, 0.25) is 0 Å². The first-order chi connectivity index (χ1) is 18.5. The van der Waals surface area contributed by atoms with Crippen LogP contribution in [0.15, 0.2) is 52.5 Å². The van der Waals surface area contributed by atoms with Crippen molar-refractivity contribution in [2.45, 2.75) is 35.1 Å². The van der Waals surface area contributed by atoms with Crippen molar-refractivity contribution in [3.63, 3.8) is 0 Å². The van der Waals surface area contributed by atoms with Gasteiger partial charge >= 0.3 is 0 Å². The van der Waals surface area contributed by atoms with Crippen molar-refractivity contribution in [3.05, 3.63) is 69.7 Å². The number of non-ortho nitro benzene ring substituents is 1. The summed E-state index contributed by atoms with van der Waals surface area (Å²) in [7, 11) is 1.29. The second kappa shape index (κ2) is 8.48. The highest BCUT2D eigenvalue weighted by molar-refractivity contribution is 6.53. The fourth-order valence-electron chi connectivity index (χ4n) is 6.67. The average molecular weight is 574 g/mol. The molecule has 2 saturated heterocycles. The molecule has 39 heavy (non-hydrogen) atoms. The van der Waals surface area contributed by atoms with Crippen LogP contribution in [0.1, 0.15) is 30.3 Å². The highest BCUT2D eigenvalue weighted by Gasteiger charge is 2.76. The lowest BCUT2D eigenvalue weighted by Gasteiger charge is -2.49. The molecule has 1 saturated carbocycles. The van der Waals surface area contributed by atoms with Gasteiger partial charge in [0.2, 0.25) is 11.8 Å². The summed E-state index contributed by atoms with van der Waals surface area (Å²) in [5, 5.41) is 20.6. The number of carbonyl (C=O) groups excluding carboxylic acids is 4. The third-order valence-electron chi connectivity index (χ3n) is 8.46. The zero-order valence-electron chi connectivity index (χ0n) is 20.4. The third kappa shape index (κ3) is 3.20. The Labute approximate surface area is 231 Å². The van der Waals surface area contributed by atoms with E-state index < -0.39 is 68.6 Å². The first-order valence-electron chi connectivity index (χ1n) is 12.2. The molecule has 0 spiro atoms. The summed E-state index contributed by atoms with van der Waals surface area (Å²) in [5.74, 6) is -5.46. The third-order valence-corrected chi connectivity index (χ3v) is 9.87. The predicted molar refractivity (Wildman–Crippen MR) is 136 cm³/mol. The molecule has 13 heteroatoms. The van der Waals surface area contributed by atoms with Gasteiger partial charge in [0.15, 0.2) is 9.75 Å². The van der Waals surface area contributed by atoms with Gasteiger partial charge in [-0.25, -0.2) is 0 Å². The SMILES string of the molecule is CN1C(=O)[C@]2(Cl)C[C@@H]3C(=CC[C@@H]4C(=O)N(c5ccc([N+](=O)[O-])cc5)C(=O)[C@@H]43)[C@H](c3ccc(CO)o3)[C@]2(Cl)C1=O. The largest absolute Gasteiger partial charge is 0.463 e. The number of hydrogen-bond donors (Lipinski definition) is 1. The number of alkyl halides is 2. The van der Waals surface area contributed by atoms with Gasteiger partial charge in [0.05, 0.1) is 28.4 Å². The molecule has 0 unspecified atom stereocenters. The average Bonchev–Trinajstić information content (AvgIpc) is 3.53. The van der Waals surface area contributed by atoms with Crippen LogP contribution >= 0.6 is 23.2 Å². The standard InChI is InChI=1S/C26H21Cl2N3O8/c1-29-23(35)25(27)10-17-15(20(26(25,28)24(29)36)18-9-6-14(11-32)39-18)7-8-16-19(17)22(34)30(21(16)33)12-2-4-13(5-3-12)31(37)38/h2-7,9,16-17,19-20,32H,8,10-11H2,1H3/t16-,17+,19-,20+,25+,26-/m0/s1. The van der Waals surface area contributed by atoms with Gasteiger partial charge < -0.3 is 9.52 Å². The summed E-state index contributed by atoms with van der Waals surface area (Å²) < 4.78 is 5.81. The molecule has 2 aromatic rings. The molecule has 4 amide bonds. The lowest BCUT2D eigenvalue weighted by molar-refractivity contribution is -0.384. The van der Waals surface area contributed by atoms with Gasteiger partial charge in [0.1, 0.15) is 18.1 Å². The molecule has 4 aliphatic rings. The highest BCUT2D eigenvalue weighted by Crippen LogP contribution is 2.65. The van der Waals surface area contributed by atoms with Crippen molar-refractivity contribution >= 4 is 58.2 Å². The Morgan fingerprint density at radius 1 is 1.05 bits per heavy atom. The number of amides is 4. The summed E-state index contributed by atoms with van der Waals surface area (Å²) >= 11 is 14.1. The summed E-state index contributed by atoms with van der Waals surface area (Å²) in [5.41, 5.74) is 0.562. The number of nitro benzene ring substituents is 1. The van der Waals surface area contributed by atoms with Crippen molar-refractivity contribution in [1.82, 2.24) is 4.90 Å². The molecule has 3 fully saturated rings. The van der Waals surface area contributed by atoms with E-state index in [4.69, 9.17) is 27.6 Å². The number of aliphatic hydroxyl groups is 1. The molecule has 2 aliphatic carbocycles. The Bertz CT molecular complexity index is 1500. The zero-order valence-corrected chi connectivity index (χ0v) is 21.9. The van der Waals surface area contributed by atoms with Crippen LogP contribution in [-0.2, 0) is 25.8 Å². The number of hydrogen-bond acceptors (Lipinski definition) is 8. The van der Waals surface area contributed by atoms with E-state index in [0.29, 0.717) is 5.57 Å². The van der Waals surface area contributed by atoms with Crippen molar-refractivity contribution in [2.24, 2.45) is 17.8 Å². The molecule has 0 radical (unpaired) electrons. The summed E-state index contributed by atoms with van der Waals surface area (Å²) in [6, 6.07) is 8.16. The molecule has 2 aliphatic heterocycles. The molecule has 1 aromatic carbocycles. The number of allylic oxidation sites excluding steroid dienone is 2. The smallest absolute Gasteiger partial charge is 0.269 e. The maximum absolute atomic E-state index is 13.9. The lowest BCUT2D eigenvalue weighted by atomic mass is 9.57. The van der Waals surface area contributed by atoms with E-state index in [9.17, 15) is 34.4 Å². The number of benzene rings is 1. The van der Waals surface area contributed by atoms with Gasteiger partial charge in [0.25, 0.3) is 17.5 Å². The number of fused-ring (bicyclic) bond motifs is 4. The fraction of sp³-hybridized carbons (Fsp3) is 0.385. The maximum atomic E-state index is 13.9. The Balaban J connectivity index is 1.47. The van der Waals surface area contributed by atoms with Gasteiger partial charge in [-0.3, -0.25) is 39.1 Å². The minimum Gasteiger partial charge on any atom is -0.463 e. The van der Waals surface area contributed by atoms with Gasteiger partial charge in [0, 0.05) is 19.2 Å². The second-order valence-electron chi connectivity index (χ2n) is 10.2. The van der Waals surface area contributed by atoms with E-state index in [2.05, 4.69) is 0 Å². The molecule has 1 N–H and O–H groups in total. The van der Waals surface area contributed by atoms with Crippen molar-refractivity contribution in [1.29, 1.82) is 0 Å². The number of aliphatic hydroxyl groups excluding tert-OH is 1. The summed E-state index contributed by atoms with van der Waals surface area (Å²) in [6.45, 7) is -0.412. The van der Waals surface area contributed by atoms with Crippen LogP contribution in [0.3, 0.4) is 0 Å². The van der Waals surface area contributed by atoms with E-state index in [1.54, 1.807) is 12.1 Å². The first-order valence-corrected chi connectivity index (χ1v) is 12.9. The Hall–Kier alpha value is -3.54. The number of halogens is 2. The van der Waals surface area contributed by atoms with Gasteiger partial charge in [-0.15, -0.1) is 23.2 Å². The molecule has 6 rings (SSSR count). The van der Waals surface area contributed by atoms with Crippen molar-refractivity contribution in [2.75, 3.05) is 11.9 Å². The molecular formula is C26H21Cl2N3O8. The minimum absolute atomic E-state index is 0.162. The minimum atomic E-state index is -1.97. The molecule has 6 atom stereocenters. The Morgan fingerprint density at radius 2 is 1.74 bits per heavy atom. The van der Waals surface area contributed by atoms with Crippen LogP contribution < -0.4 is 4.90 Å². The number of anilines is 1. The fourth-order valence-corrected chi connectivity index (χ4v) is 7.67. The van der Waals surface area contributed by atoms with E-state index in [1.165, 1.54) is 37.4 Å². The normalized spacial score (nSPS) is 33.7. The number of nitro groups is 1. The molecule has 11 nitrogen and oxygen atoms in total. The van der Waals surface area contributed by atoms with Gasteiger partial charge in [-0.05, 0) is 43.0 Å². The number of carbonyl (C=O) groups is 4. The van der Waals surface area contributed by atoms with Crippen LogP contribution in [0.4, 0.5) is 11.4 Å². The number of furan rings is 1. The molecule has 0 bridgehead atoms. The van der Waals surface area contributed by atoms with Gasteiger partial charge in [-0.1, -0.05) is 11.6 Å². The van der Waals surface area contributed by atoms with Crippen LogP contribution in [0, 0.1) is 27.9 Å². The zero-order chi connectivity index (χ0) is 28.0. The Kier molecular flexibility index (Phi) is 5.59. The van der Waals surface area contributed by atoms with Crippen LogP contribution in [0.5, 0.6) is 0 Å². The quantitative estimate of drug-likeness (QED) is 0.193. The maximum Gasteiger partial charge on any atom is 0.269 e. The van der Waals surface area contributed by atoms with Crippen molar-refractivity contribution < 1.29 is 33.6 Å². The lowest BCUT2D eigenvalue weighted by Crippen LogP contribution is -2.60. The topological polar surface area (TPSA) is 151 Å². The van der Waals surface area contributed by atoms with Crippen LogP contribution in [-0.4, -0.2) is 55.4 Å². The van der Waals surface area contributed by atoms with Crippen molar-refractivity contribution in [3.8, 4) is 0 Å². The number of nitrogens with zero attached hydrogens (tertiary/aromatic N) is 3. The first kappa shape index (κ1) is 25.7. The number of rotatable bonds is 4. The summed E-state index contributed by atoms with van der Waals surface area (Å²) in [6.07, 6.45) is 1.75. The molecule has 3 heterocycles. The van der Waals surface area contributed by atoms with Crippen LogP contribution in [0.25, 0.3) is 0 Å². The molecule has 1 aromatic heterocycles.